The maximum absolute atomic E-state index is 10.4. The summed E-state index contributed by atoms with van der Waals surface area (Å²) in [5.41, 5.74) is 0.395. The van der Waals surface area contributed by atoms with Gasteiger partial charge in [0.1, 0.15) is 0 Å². The lowest BCUT2D eigenvalue weighted by Gasteiger charge is -1.94. The van der Waals surface area contributed by atoms with E-state index in [4.69, 9.17) is 5.11 Å². The van der Waals surface area contributed by atoms with E-state index in [2.05, 4.69) is 32.7 Å². The van der Waals surface area contributed by atoms with Crippen molar-refractivity contribution < 1.29 is 9.90 Å². The van der Waals surface area contributed by atoms with Gasteiger partial charge in [0.25, 0.3) is 0 Å². The van der Waals surface area contributed by atoms with Crippen LogP contribution in [-0.4, -0.2) is 21.3 Å². The number of aliphatic carboxylic acids is 1. The van der Waals surface area contributed by atoms with Gasteiger partial charge < -0.3 is 5.11 Å². The number of aromatic nitrogens is 2. The zero-order chi connectivity index (χ0) is 8.43. The molecule has 0 unspecified atom stereocenters. The largest absolute Gasteiger partial charge is 0.478 e. The lowest BCUT2D eigenvalue weighted by molar-refractivity contribution is -0.130. The fraction of sp³-hybridized carbons (Fsp3) is 0. The summed E-state index contributed by atoms with van der Waals surface area (Å²) in [6.07, 6.45) is 1.48. The smallest absolute Gasteiger partial charge is 0.337 e. The number of aromatic amines is 1. The monoisotopic (exact) mass is 216 g/mol. The van der Waals surface area contributed by atoms with E-state index in [9.17, 15) is 4.79 Å². The Kier molecular flexibility index (Phi) is 2.09. The highest BCUT2D eigenvalue weighted by Crippen LogP contribution is 2.19. The molecule has 0 amide bonds. The molecule has 1 rings (SSSR count). The van der Waals surface area contributed by atoms with Crippen molar-refractivity contribution in [2.24, 2.45) is 0 Å². The SMILES string of the molecule is C=C(C(=O)O)c1[nH]ncc1Br. The number of carboxylic acids is 1. The number of H-pyrrole nitrogens is 1. The van der Waals surface area contributed by atoms with Crippen molar-refractivity contribution in [2.45, 2.75) is 0 Å². The molecule has 0 spiro atoms. The molecule has 0 fully saturated rings. The maximum atomic E-state index is 10.4. The van der Waals surface area contributed by atoms with Crippen LogP contribution < -0.4 is 0 Å². The molecule has 0 aliphatic carbocycles. The van der Waals surface area contributed by atoms with Crippen LogP contribution in [0, 0.1) is 0 Å². The van der Waals surface area contributed by atoms with Gasteiger partial charge in [0, 0.05) is 0 Å². The Morgan fingerprint density at radius 3 is 2.82 bits per heavy atom. The number of rotatable bonds is 2. The second kappa shape index (κ2) is 2.87. The molecule has 0 aliphatic heterocycles. The Bertz CT molecular complexity index is 305. The lowest BCUT2D eigenvalue weighted by Crippen LogP contribution is -1.98. The Balaban J connectivity index is 3.02. The van der Waals surface area contributed by atoms with Gasteiger partial charge in [0.2, 0.25) is 0 Å². The Morgan fingerprint density at radius 1 is 1.82 bits per heavy atom. The number of hydrogen-bond acceptors (Lipinski definition) is 2. The molecule has 2 N–H and O–H groups in total. The molecule has 0 aromatic carbocycles. The highest BCUT2D eigenvalue weighted by atomic mass is 79.9. The standard InChI is InChI=1S/C6H5BrN2O2/c1-3(6(10)11)5-4(7)2-8-9-5/h2H,1H2,(H,8,9)(H,10,11). The minimum Gasteiger partial charge on any atom is -0.478 e. The molecule has 0 saturated carbocycles. The minimum absolute atomic E-state index is 0.00521. The third kappa shape index (κ3) is 1.48. The van der Waals surface area contributed by atoms with Crippen molar-refractivity contribution in [3.63, 3.8) is 0 Å². The van der Waals surface area contributed by atoms with E-state index in [-0.39, 0.29) is 5.57 Å². The van der Waals surface area contributed by atoms with E-state index in [1.807, 2.05) is 0 Å². The van der Waals surface area contributed by atoms with Gasteiger partial charge in [0.05, 0.1) is 21.9 Å². The third-order valence-corrected chi connectivity index (χ3v) is 1.75. The van der Waals surface area contributed by atoms with Crippen molar-refractivity contribution >= 4 is 27.5 Å². The van der Waals surface area contributed by atoms with Crippen molar-refractivity contribution in [2.75, 3.05) is 0 Å². The molecular formula is C6H5BrN2O2. The summed E-state index contributed by atoms with van der Waals surface area (Å²) < 4.78 is 0.602. The fourth-order valence-corrected chi connectivity index (χ4v) is 1.02. The summed E-state index contributed by atoms with van der Waals surface area (Å²) in [5.74, 6) is -1.06. The topological polar surface area (TPSA) is 66.0 Å². The Hall–Kier alpha value is -1.10. The van der Waals surface area contributed by atoms with Crippen molar-refractivity contribution in [1.29, 1.82) is 0 Å². The van der Waals surface area contributed by atoms with Crippen molar-refractivity contribution in [3.05, 3.63) is 22.9 Å². The Labute approximate surface area is 71.1 Å². The van der Waals surface area contributed by atoms with Crippen LogP contribution in [0.5, 0.6) is 0 Å². The number of nitrogens with zero attached hydrogens (tertiary/aromatic N) is 1. The van der Waals surface area contributed by atoms with E-state index < -0.39 is 5.97 Å². The number of hydrogen-bond donors (Lipinski definition) is 2. The normalized spacial score (nSPS) is 9.55. The molecule has 0 radical (unpaired) electrons. The molecule has 0 aliphatic rings. The molecule has 4 nitrogen and oxygen atoms in total. The average Bonchev–Trinajstić information content (AvgIpc) is 2.33. The number of halogens is 1. The second-order valence-electron chi connectivity index (χ2n) is 1.88. The molecule has 0 atom stereocenters. The average molecular weight is 217 g/mol. The molecule has 1 heterocycles. The van der Waals surface area contributed by atoms with E-state index in [1.54, 1.807) is 0 Å². The van der Waals surface area contributed by atoms with E-state index in [1.165, 1.54) is 6.20 Å². The van der Waals surface area contributed by atoms with Gasteiger partial charge >= 0.3 is 5.97 Å². The van der Waals surface area contributed by atoms with Crippen LogP contribution in [0.1, 0.15) is 5.69 Å². The van der Waals surface area contributed by atoms with E-state index >= 15 is 0 Å². The van der Waals surface area contributed by atoms with Crippen molar-refractivity contribution in [3.8, 4) is 0 Å². The molecule has 11 heavy (non-hydrogen) atoms. The first-order chi connectivity index (χ1) is 5.13. The van der Waals surface area contributed by atoms with Gasteiger partial charge in [-0.25, -0.2) is 4.79 Å². The summed E-state index contributed by atoms with van der Waals surface area (Å²) in [7, 11) is 0. The Morgan fingerprint density at radius 2 is 2.45 bits per heavy atom. The zero-order valence-electron chi connectivity index (χ0n) is 5.47. The van der Waals surface area contributed by atoms with Crippen LogP contribution in [0.2, 0.25) is 0 Å². The predicted molar refractivity (Wildman–Crippen MR) is 43.0 cm³/mol. The third-order valence-electron chi connectivity index (χ3n) is 1.15. The fourth-order valence-electron chi connectivity index (χ4n) is 0.590. The van der Waals surface area contributed by atoms with Crippen LogP contribution in [-0.2, 0) is 4.79 Å². The first-order valence-electron chi connectivity index (χ1n) is 2.74. The van der Waals surface area contributed by atoms with Crippen LogP contribution in [0.4, 0.5) is 0 Å². The number of nitrogens with one attached hydrogen (secondary N) is 1. The van der Waals surface area contributed by atoms with Gasteiger partial charge in [-0.2, -0.15) is 5.10 Å². The van der Waals surface area contributed by atoms with Crippen LogP contribution in [0.25, 0.3) is 5.57 Å². The van der Waals surface area contributed by atoms with Crippen molar-refractivity contribution in [1.82, 2.24) is 10.2 Å². The van der Waals surface area contributed by atoms with Crippen LogP contribution in [0.15, 0.2) is 17.2 Å². The van der Waals surface area contributed by atoms with E-state index in [0.29, 0.717) is 10.2 Å². The van der Waals surface area contributed by atoms with E-state index in [0.717, 1.165) is 0 Å². The lowest BCUT2D eigenvalue weighted by atomic mass is 10.2. The molecule has 0 saturated heterocycles. The summed E-state index contributed by atoms with van der Waals surface area (Å²) in [5, 5.41) is 14.6. The molecule has 1 aromatic rings. The molecular weight excluding hydrogens is 212 g/mol. The van der Waals surface area contributed by atoms with Gasteiger partial charge in [-0.05, 0) is 15.9 Å². The predicted octanol–water partition coefficient (Wildman–Crippen LogP) is 1.27. The minimum atomic E-state index is -1.06. The summed E-state index contributed by atoms with van der Waals surface area (Å²) >= 11 is 3.12. The molecule has 0 bridgehead atoms. The highest BCUT2D eigenvalue weighted by Gasteiger charge is 2.11. The second-order valence-corrected chi connectivity index (χ2v) is 2.73. The molecule has 1 aromatic heterocycles. The van der Waals surface area contributed by atoms with Gasteiger partial charge in [-0.1, -0.05) is 6.58 Å². The number of carbonyl (C=O) groups is 1. The van der Waals surface area contributed by atoms with Gasteiger partial charge in [-0.15, -0.1) is 0 Å². The quantitative estimate of drug-likeness (QED) is 0.733. The first-order valence-corrected chi connectivity index (χ1v) is 3.53. The first kappa shape index (κ1) is 8.00. The van der Waals surface area contributed by atoms with Crippen LogP contribution >= 0.6 is 15.9 Å². The van der Waals surface area contributed by atoms with Gasteiger partial charge in [0.15, 0.2) is 0 Å². The molecule has 5 heteroatoms. The van der Waals surface area contributed by atoms with Gasteiger partial charge in [-0.3, -0.25) is 5.10 Å². The van der Waals surface area contributed by atoms with Crippen LogP contribution in [0.3, 0.4) is 0 Å². The summed E-state index contributed by atoms with van der Waals surface area (Å²) in [6.45, 7) is 3.36. The zero-order valence-corrected chi connectivity index (χ0v) is 7.05. The number of carboxylic acid groups (broad SMARTS) is 1. The summed E-state index contributed by atoms with van der Waals surface area (Å²) in [6, 6.07) is 0. The highest BCUT2D eigenvalue weighted by molar-refractivity contribution is 9.10. The molecule has 58 valence electrons. The maximum Gasteiger partial charge on any atom is 0.337 e. The summed E-state index contributed by atoms with van der Waals surface area (Å²) in [4.78, 5) is 10.4.